The quantitative estimate of drug-likeness (QED) is 0.821. The Hall–Kier alpha value is -2.09. The molecule has 1 aliphatic heterocycles. The number of likely N-dealkylation sites (tertiary alicyclic amines) is 1. The average Bonchev–Trinajstić information content (AvgIpc) is 3.12. The molecule has 106 valence electrons. The number of hydrogen-bond acceptors (Lipinski definition) is 3. The average molecular weight is 297 g/mol. The van der Waals surface area contributed by atoms with Crippen molar-refractivity contribution in [2.75, 3.05) is 13.6 Å². The van der Waals surface area contributed by atoms with Gasteiger partial charge in [-0.15, -0.1) is 11.3 Å². The maximum absolute atomic E-state index is 11.9. The lowest BCUT2D eigenvalue weighted by atomic mass is 10.0. The summed E-state index contributed by atoms with van der Waals surface area (Å²) >= 11 is 1.67. The van der Waals surface area contributed by atoms with Gasteiger partial charge in [-0.3, -0.25) is 4.79 Å². The van der Waals surface area contributed by atoms with Crippen LogP contribution in [-0.4, -0.2) is 35.1 Å². The van der Waals surface area contributed by atoms with E-state index < -0.39 is 5.60 Å². The number of likely N-dealkylation sites (N-methyl/N-ethyl adjacent to an activating group) is 1. The molecule has 21 heavy (non-hydrogen) atoms. The van der Waals surface area contributed by atoms with Crippen LogP contribution in [0.4, 0.5) is 0 Å². The van der Waals surface area contributed by atoms with Crippen molar-refractivity contribution in [1.82, 2.24) is 4.90 Å². The van der Waals surface area contributed by atoms with Crippen LogP contribution in [0.25, 0.3) is 10.4 Å². The molecule has 1 aromatic carbocycles. The van der Waals surface area contributed by atoms with E-state index in [4.69, 9.17) is 0 Å². The minimum atomic E-state index is -1.53. The van der Waals surface area contributed by atoms with Crippen molar-refractivity contribution in [3.05, 3.63) is 47.3 Å². The molecular formula is C17H15NO2S. The molecule has 0 radical (unpaired) electrons. The Labute approximate surface area is 127 Å². The van der Waals surface area contributed by atoms with Gasteiger partial charge in [0.2, 0.25) is 5.60 Å². The van der Waals surface area contributed by atoms with Gasteiger partial charge in [0.15, 0.2) is 0 Å². The normalized spacial score (nSPS) is 21.2. The molecule has 1 aromatic heterocycles. The molecule has 2 heterocycles. The Kier molecular flexibility index (Phi) is 3.54. The van der Waals surface area contributed by atoms with E-state index in [0.29, 0.717) is 13.0 Å². The molecule has 3 nitrogen and oxygen atoms in total. The predicted molar refractivity (Wildman–Crippen MR) is 83.8 cm³/mol. The Morgan fingerprint density at radius 1 is 1.33 bits per heavy atom. The van der Waals surface area contributed by atoms with Crippen molar-refractivity contribution in [3.8, 4) is 22.3 Å². The topological polar surface area (TPSA) is 40.5 Å². The molecule has 1 saturated heterocycles. The molecule has 0 unspecified atom stereocenters. The highest BCUT2D eigenvalue weighted by atomic mass is 32.1. The lowest BCUT2D eigenvalue weighted by Gasteiger charge is -2.13. The fourth-order valence-corrected chi connectivity index (χ4v) is 3.06. The van der Waals surface area contributed by atoms with Crippen molar-refractivity contribution in [3.63, 3.8) is 0 Å². The highest BCUT2D eigenvalue weighted by Crippen LogP contribution is 2.25. The van der Waals surface area contributed by atoms with Crippen LogP contribution in [0.1, 0.15) is 12.0 Å². The molecular weight excluding hydrogens is 282 g/mol. The molecule has 0 aliphatic carbocycles. The SMILES string of the molecule is CN1CC[C@@](O)(C#Cc2cccc(-c3cccs3)c2)C1=O. The van der Waals surface area contributed by atoms with Gasteiger partial charge in [-0.1, -0.05) is 30.0 Å². The van der Waals surface area contributed by atoms with Gasteiger partial charge in [-0.05, 0) is 29.1 Å². The van der Waals surface area contributed by atoms with Crippen LogP contribution in [-0.2, 0) is 4.79 Å². The number of rotatable bonds is 1. The van der Waals surface area contributed by atoms with Gasteiger partial charge in [0.05, 0.1) is 0 Å². The summed E-state index contributed by atoms with van der Waals surface area (Å²) in [5.41, 5.74) is 0.364. The van der Waals surface area contributed by atoms with Crippen LogP contribution in [0.3, 0.4) is 0 Å². The summed E-state index contributed by atoms with van der Waals surface area (Å²) in [5.74, 6) is 5.37. The van der Waals surface area contributed by atoms with Gasteiger partial charge in [0.25, 0.3) is 5.91 Å². The first-order valence-corrected chi connectivity index (χ1v) is 7.61. The van der Waals surface area contributed by atoms with Crippen LogP contribution >= 0.6 is 11.3 Å². The van der Waals surface area contributed by atoms with E-state index in [2.05, 4.69) is 17.9 Å². The van der Waals surface area contributed by atoms with E-state index in [1.165, 1.54) is 9.78 Å². The number of amides is 1. The van der Waals surface area contributed by atoms with Crippen molar-refractivity contribution < 1.29 is 9.90 Å². The molecule has 0 bridgehead atoms. The van der Waals surface area contributed by atoms with E-state index in [1.54, 1.807) is 18.4 Å². The first-order chi connectivity index (χ1) is 10.1. The van der Waals surface area contributed by atoms with Gasteiger partial charge >= 0.3 is 0 Å². The molecule has 0 spiro atoms. The van der Waals surface area contributed by atoms with E-state index >= 15 is 0 Å². The summed E-state index contributed by atoms with van der Waals surface area (Å²) < 4.78 is 0. The fourth-order valence-electron chi connectivity index (χ4n) is 2.34. The van der Waals surface area contributed by atoms with E-state index in [-0.39, 0.29) is 5.91 Å². The third-order valence-electron chi connectivity index (χ3n) is 3.59. The lowest BCUT2D eigenvalue weighted by molar-refractivity contribution is -0.137. The van der Waals surface area contributed by atoms with E-state index in [9.17, 15) is 9.90 Å². The molecule has 1 atom stereocenters. The van der Waals surface area contributed by atoms with Crippen LogP contribution in [0.5, 0.6) is 0 Å². The van der Waals surface area contributed by atoms with Crippen molar-refractivity contribution in [1.29, 1.82) is 0 Å². The zero-order chi connectivity index (χ0) is 14.9. The molecule has 1 amide bonds. The second-order valence-electron chi connectivity index (χ2n) is 5.15. The zero-order valence-electron chi connectivity index (χ0n) is 11.7. The standard InChI is InChI=1S/C17H15NO2S/c1-18-10-9-17(20,16(18)19)8-7-13-4-2-5-14(12-13)15-6-3-11-21-15/h2-6,11-12,20H,9-10H2,1H3/t17-/m0/s1. The Balaban J connectivity index is 1.88. The second kappa shape index (κ2) is 5.36. The smallest absolute Gasteiger partial charge is 0.267 e. The summed E-state index contributed by atoms with van der Waals surface area (Å²) in [6.45, 7) is 0.541. The maximum atomic E-state index is 11.9. The Bertz CT molecular complexity index is 727. The van der Waals surface area contributed by atoms with Crippen LogP contribution in [0.15, 0.2) is 41.8 Å². The number of carbonyl (C=O) groups excluding carboxylic acids is 1. The van der Waals surface area contributed by atoms with Crippen molar-refractivity contribution >= 4 is 17.2 Å². The third kappa shape index (κ3) is 2.71. The first kappa shape index (κ1) is 13.9. The summed E-state index contributed by atoms with van der Waals surface area (Å²) in [6.07, 6.45) is 0.361. The summed E-state index contributed by atoms with van der Waals surface area (Å²) in [4.78, 5) is 14.6. The fraction of sp³-hybridized carbons (Fsp3) is 0.235. The minimum Gasteiger partial charge on any atom is -0.369 e. The number of thiophene rings is 1. The van der Waals surface area contributed by atoms with Gasteiger partial charge in [0.1, 0.15) is 0 Å². The monoisotopic (exact) mass is 297 g/mol. The number of aliphatic hydroxyl groups is 1. The van der Waals surface area contributed by atoms with Gasteiger partial charge in [-0.2, -0.15) is 0 Å². The lowest BCUT2D eigenvalue weighted by Crippen LogP contribution is -2.37. The highest BCUT2D eigenvalue weighted by Gasteiger charge is 2.42. The Morgan fingerprint density at radius 3 is 2.86 bits per heavy atom. The molecule has 3 rings (SSSR count). The molecule has 4 heteroatoms. The number of hydrogen-bond donors (Lipinski definition) is 1. The first-order valence-electron chi connectivity index (χ1n) is 6.73. The van der Waals surface area contributed by atoms with Crippen LogP contribution in [0.2, 0.25) is 0 Å². The van der Waals surface area contributed by atoms with Gasteiger partial charge in [-0.25, -0.2) is 0 Å². The summed E-state index contributed by atoms with van der Waals surface area (Å²) in [5, 5.41) is 12.3. The molecule has 1 N–H and O–H groups in total. The zero-order valence-corrected chi connectivity index (χ0v) is 12.5. The predicted octanol–water partition coefficient (Wildman–Crippen LogP) is 2.36. The van der Waals surface area contributed by atoms with Crippen LogP contribution in [0, 0.1) is 11.8 Å². The largest absolute Gasteiger partial charge is 0.369 e. The number of nitrogens with zero attached hydrogens (tertiary/aromatic N) is 1. The van der Waals surface area contributed by atoms with Crippen molar-refractivity contribution in [2.45, 2.75) is 12.0 Å². The van der Waals surface area contributed by atoms with E-state index in [0.717, 1.165) is 11.1 Å². The third-order valence-corrected chi connectivity index (χ3v) is 4.51. The number of carbonyl (C=O) groups is 1. The molecule has 2 aromatic rings. The summed E-state index contributed by atoms with van der Waals surface area (Å²) in [7, 11) is 1.68. The minimum absolute atomic E-state index is 0.315. The Morgan fingerprint density at radius 2 is 2.19 bits per heavy atom. The molecule has 0 saturated carbocycles. The van der Waals surface area contributed by atoms with Crippen molar-refractivity contribution in [2.24, 2.45) is 0 Å². The maximum Gasteiger partial charge on any atom is 0.267 e. The number of benzene rings is 1. The second-order valence-corrected chi connectivity index (χ2v) is 6.09. The van der Waals surface area contributed by atoms with E-state index in [1.807, 2.05) is 35.7 Å². The van der Waals surface area contributed by atoms with Crippen LogP contribution < -0.4 is 0 Å². The molecule has 1 aliphatic rings. The van der Waals surface area contributed by atoms with Gasteiger partial charge in [0, 0.05) is 30.5 Å². The molecule has 1 fully saturated rings. The highest BCUT2D eigenvalue weighted by molar-refractivity contribution is 7.13. The van der Waals surface area contributed by atoms with Gasteiger partial charge < -0.3 is 10.0 Å². The summed E-state index contributed by atoms with van der Waals surface area (Å²) in [6, 6.07) is 11.9.